The average Bonchev–Trinajstić information content (AvgIpc) is 2.25. The van der Waals surface area contributed by atoms with Gasteiger partial charge in [-0.3, -0.25) is 9.78 Å². The maximum absolute atomic E-state index is 11.6. The van der Waals surface area contributed by atoms with Crippen molar-refractivity contribution < 1.29 is 4.79 Å². The smallest absolute Gasteiger partial charge is 0.251 e. The number of nitrogens with one attached hydrogen (secondary N) is 1. The van der Waals surface area contributed by atoms with Crippen LogP contribution < -0.4 is 5.32 Å². The Hall–Kier alpha value is -1.89. The van der Waals surface area contributed by atoms with E-state index in [-0.39, 0.29) is 11.8 Å². The van der Waals surface area contributed by atoms with Gasteiger partial charge in [-0.25, -0.2) is 0 Å². The molecule has 1 aromatic heterocycles. The molecule has 15 heavy (non-hydrogen) atoms. The second-order valence-corrected chi connectivity index (χ2v) is 3.43. The van der Waals surface area contributed by atoms with Crippen LogP contribution in [-0.4, -0.2) is 17.4 Å². The van der Waals surface area contributed by atoms with Gasteiger partial charge < -0.3 is 5.32 Å². The van der Waals surface area contributed by atoms with Crippen molar-refractivity contribution in [2.45, 2.75) is 13.8 Å². The van der Waals surface area contributed by atoms with E-state index in [1.165, 1.54) is 0 Å². The fourth-order valence-electron chi connectivity index (χ4n) is 1.08. The monoisotopic (exact) mass is 203 g/mol. The van der Waals surface area contributed by atoms with Gasteiger partial charge in [-0.15, -0.1) is 0 Å². The van der Waals surface area contributed by atoms with Crippen molar-refractivity contribution in [3.8, 4) is 6.07 Å². The molecule has 0 spiro atoms. The summed E-state index contributed by atoms with van der Waals surface area (Å²) in [5.74, 6) is -0.334. The molecule has 0 fully saturated rings. The number of carbonyl (C=O) groups excluding carboxylic acids is 1. The third-order valence-electron chi connectivity index (χ3n) is 1.95. The summed E-state index contributed by atoms with van der Waals surface area (Å²) in [6, 6.07) is 5.42. The first-order chi connectivity index (χ1) is 7.13. The first-order valence-electron chi connectivity index (χ1n) is 4.74. The van der Waals surface area contributed by atoms with Gasteiger partial charge in [0.15, 0.2) is 0 Å². The highest BCUT2D eigenvalue weighted by Crippen LogP contribution is 2.00. The molecule has 0 aliphatic heterocycles. The van der Waals surface area contributed by atoms with Crippen LogP contribution in [0, 0.1) is 24.2 Å². The maximum Gasteiger partial charge on any atom is 0.251 e. The largest absolute Gasteiger partial charge is 0.351 e. The summed E-state index contributed by atoms with van der Waals surface area (Å²) in [5.41, 5.74) is 1.38. The number of hydrogen-bond acceptors (Lipinski definition) is 3. The molecule has 0 saturated carbocycles. The van der Waals surface area contributed by atoms with E-state index in [9.17, 15) is 4.79 Å². The Labute approximate surface area is 88.9 Å². The molecule has 0 bridgehead atoms. The van der Waals surface area contributed by atoms with Crippen LogP contribution in [-0.2, 0) is 0 Å². The molecule has 1 heterocycles. The summed E-state index contributed by atoms with van der Waals surface area (Å²) in [6.45, 7) is 3.96. The molecule has 0 aliphatic carbocycles. The Bertz CT molecular complexity index is 395. The Balaban J connectivity index is 2.59. The third kappa shape index (κ3) is 3.39. The fourth-order valence-corrected chi connectivity index (χ4v) is 1.08. The highest BCUT2D eigenvalue weighted by atomic mass is 16.1. The maximum atomic E-state index is 11.6. The SMILES string of the molecule is Cc1cc(C(=O)NCC(C)C#N)ccn1. The molecule has 1 aromatic rings. The molecule has 0 saturated heterocycles. The second kappa shape index (κ2) is 5.11. The molecule has 1 atom stereocenters. The van der Waals surface area contributed by atoms with Gasteiger partial charge in [-0.1, -0.05) is 0 Å². The van der Waals surface area contributed by atoms with Crippen molar-refractivity contribution >= 4 is 5.91 Å². The average molecular weight is 203 g/mol. The van der Waals surface area contributed by atoms with Crippen LogP contribution in [0.4, 0.5) is 0 Å². The third-order valence-corrected chi connectivity index (χ3v) is 1.95. The van der Waals surface area contributed by atoms with E-state index in [1.54, 1.807) is 25.3 Å². The van der Waals surface area contributed by atoms with Crippen molar-refractivity contribution in [3.63, 3.8) is 0 Å². The molecule has 78 valence electrons. The molecule has 1 N–H and O–H groups in total. The van der Waals surface area contributed by atoms with Crippen LogP contribution in [0.2, 0.25) is 0 Å². The number of pyridine rings is 1. The summed E-state index contributed by atoms with van der Waals surface area (Å²) in [5, 5.41) is 11.2. The molecule has 0 aliphatic rings. The lowest BCUT2D eigenvalue weighted by molar-refractivity contribution is 0.0950. The zero-order valence-electron chi connectivity index (χ0n) is 8.82. The Morgan fingerprint density at radius 3 is 3.07 bits per heavy atom. The molecule has 4 heteroatoms. The van der Waals surface area contributed by atoms with Crippen molar-refractivity contribution in [1.82, 2.24) is 10.3 Å². The standard InChI is InChI=1S/C11H13N3O/c1-8(6-12)7-14-11(15)10-3-4-13-9(2)5-10/h3-5,8H,7H2,1-2H3,(H,14,15). The topological polar surface area (TPSA) is 65.8 Å². The van der Waals surface area contributed by atoms with Gasteiger partial charge in [-0.2, -0.15) is 5.26 Å². The van der Waals surface area contributed by atoms with Crippen LogP contribution in [0.5, 0.6) is 0 Å². The fraction of sp³-hybridized carbons (Fsp3) is 0.364. The van der Waals surface area contributed by atoms with Crippen molar-refractivity contribution in [1.29, 1.82) is 5.26 Å². The molecule has 0 radical (unpaired) electrons. The molecule has 1 amide bonds. The van der Waals surface area contributed by atoms with E-state index in [2.05, 4.69) is 16.4 Å². The molecule has 0 aromatic carbocycles. The van der Waals surface area contributed by atoms with E-state index < -0.39 is 0 Å². The van der Waals surface area contributed by atoms with E-state index in [4.69, 9.17) is 5.26 Å². The summed E-state index contributed by atoms with van der Waals surface area (Å²) in [4.78, 5) is 15.6. The van der Waals surface area contributed by atoms with Crippen LogP contribution >= 0.6 is 0 Å². The number of nitrogens with zero attached hydrogens (tertiary/aromatic N) is 2. The minimum Gasteiger partial charge on any atom is -0.351 e. The molecule has 1 rings (SSSR count). The Morgan fingerprint density at radius 2 is 2.47 bits per heavy atom. The first-order valence-corrected chi connectivity index (χ1v) is 4.74. The lowest BCUT2D eigenvalue weighted by Crippen LogP contribution is -2.27. The van der Waals surface area contributed by atoms with Gasteiger partial charge in [0.1, 0.15) is 0 Å². The number of nitriles is 1. The number of hydrogen-bond donors (Lipinski definition) is 1. The van der Waals surface area contributed by atoms with Gasteiger partial charge >= 0.3 is 0 Å². The summed E-state index contributed by atoms with van der Waals surface area (Å²) >= 11 is 0. The van der Waals surface area contributed by atoms with Crippen LogP contribution in [0.1, 0.15) is 23.0 Å². The zero-order valence-corrected chi connectivity index (χ0v) is 8.82. The number of aryl methyl sites for hydroxylation is 1. The number of rotatable bonds is 3. The predicted molar refractivity (Wildman–Crippen MR) is 56.1 cm³/mol. The van der Waals surface area contributed by atoms with Gasteiger partial charge in [0.2, 0.25) is 0 Å². The Morgan fingerprint density at radius 1 is 1.73 bits per heavy atom. The minimum absolute atomic E-state index is 0.164. The summed E-state index contributed by atoms with van der Waals surface area (Å²) in [7, 11) is 0. The van der Waals surface area contributed by atoms with Gasteiger partial charge in [-0.05, 0) is 26.0 Å². The van der Waals surface area contributed by atoms with Crippen molar-refractivity contribution in [2.75, 3.05) is 6.54 Å². The highest BCUT2D eigenvalue weighted by molar-refractivity contribution is 5.94. The number of carbonyl (C=O) groups is 1. The van der Waals surface area contributed by atoms with Gasteiger partial charge in [0, 0.05) is 24.0 Å². The predicted octanol–water partition coefficient (Wildman–Crippen LogP) is 1.28. The summed E-state index contributed by atoms with van der Waals surface area (Å²) in [6.07, 6.45) is 1.60. The van der Waals surface area contributed by atoms with Gasteiger partial charge in [0.05, 0.1) is 12.0 Å². The van der Waals surface area contributed by atoms with E-state index >= 15 is 0 Å². The number of amides is 1. The van der Waals surface area contributed by atoms with Crippen molar-refractivity contribution in [3.05, 3.63) is 29.6 Å². The molecular formula is C11H13N3O. The molecule has 1 unspecified atom stereocenters. The van der Waals surface area contributed by atoms with E-state index in [1.807, 2.05) is 6.92 Å². The first kappa shape index (κ1) is 11.2. The van der Waals surface area contributed by atoms with Gasteiger partial charge in [0.25, 0.3) is 5.91 Å². The van der Waals surface area contributed by atoms with E-state index in [0.29, 0.717) is 12.1 Å². The van der Waals surface area contributed by atoms with E-state index in [0.717, 1.165) is 5.69 Å². The number of aromatic nitrogens is 1. The lowest BCUT2D eigenvalue weighted by atomic mass is 10.2. The molecular weight excluding hydrogens is 190 g/mol. The van der Waals surface area contributed by atoms with Crippen LogP contribution in [0.15, 0.2) is 18.3 Å². The zero-order chi connectivity index (χ0) is 11.3. The van der Waals surface area contributed by atoms with Crippen LogP contribution in [0.3, 0.4) is 0 Å². The van der Waals surface area contributed by atoms with Crippen LogP contribution in [0.25, 0.3) is 0 Å². The quantitative estimate of drug-likeness (QED) is 0.804. The Kier molecular flexibility index (Phi) is 3.81. The highest BCUT2D eigenvalue weighted by Gasteiger charge is 2.07. The van der Waals surface area contributed by atoms with Crippen molar-refractivity contribution in [2.24, 2.45) is 5.92 Å². The molecule has 4 nitrogen and oxygen atoms in total. The minimum atomic E-state index is -0.170. The lowest BCUT2D eigenvalue weighted by Gasteiger charge is -2.06. The normalized spacial score (nSPS) is 11.5. The summed E-state index contributed by atoms with van der Waals surface area (Å²) < 4.78 is 0. The second-order valence-electron chi connectivity index (χ2n) is 3.43.